The van der Waals surface area contributed by atoms with E-state index in [1.807, 2.05) is 0 Å². The lowest BCUT2D eigenvalue weighted by Gasteiger charge is -2.18. The summed E-state index contributed by atoms with van der Waals surface area (Å²) in [5, 5.41) is 9.84. The Morgan fingerprint density at radius 1 is 1.41 bits per heavy atom. The van der Waals surface area contributed by atoms with Crippen LogP contribution in [0.25, 0.3) is 11.3 Å². The van der Waals surface area contributed by atoms with E-state index in [9.17, 15) is 22.7 Å². The molecule has 2 N–H and O–H groups in total. The molecule has 10 heteroatoms. The first-order valence-corrected chi connectivity index (χ1v) is 7.56. The van der Waals surface area contributed by atoms with Crippen molar-refractivity contribution in [1.29, 1.82) is 0 Å². The molecule has 1 aromatic carbocycles. The van der Waals surface area contributed by atoms with Crippen LogP contribution in [-0.2, 0) is 22.1 Å². The summed E-state index contributed by atoms with van der Waals surface area (Å²) in [4.78, 5) is 15.3. The van der Waals surface area contributed by atoms with Gasteiger partial charge in [0.05, 0.1) is 12.0 Å². The highest BCUT2D eigenvalue weighted by atomic mass is 32.2. The first-order valence-electron chi connectivity index (χ1n) is 6.12. The van der Waals surface area contributed by atoms with Gasteiger partial charge in [0.2, 0.25) is 0 Å². The van der Waals surface area contributed by atoms with Crippen molar-refractivity contribution in [1.82, 2.24) is 14.3 Å². The van der Waals surface area contributed by atoms with Crippen LogP contribution in [0.15, 0.2) is 24.7 Å². The van der Waals surface area contributed by atoms with Gasteiger partial charge in [-0.2, -0.15) is 8.42 Å². The Hall–Kier alpha value is -2.62. The van der Waals surface area contributed by atoms with Gasteiger partial charge in [-0.05, 0) is 12.1 Å². The van der Waals surface area contributed by atoms with E-state index in [1.54, 1.807) is 22.5 Å². The fraction of sp³-hybridized carbons (Fsp3) is 0.167. The minimum Gasteiger partial charge on any atom is -0.506 e. The van der Waals surface area contributed by atoms with Crippen LogP contribution in [0.3, 0.4) is 0 Å². The SMILES string of the molecule is Cn1cnc(-c2ccc(O)c(N3CC(=O)NS3(=O)=O)c2F)c1. The number of aromatic hydroxyl groups is 1. The lowest BCUT2D eigenvalue weighted by molar-refractivity contribution is -0.117. The highest BCUT2D eigenvalue weighted by Crippen LogP contribution is 2.38. The summed E-state index contributed by atoms with van der Waals surface area (Å²) in [6.07, 6.45) is 3.00. The Morgan fingerprint density at radius 2 is 2.14 bits per heavy atom. The molecular weight excluding hydrogens is 315 g/mol. The zero-order valence-corrected chi connectivity index (χ0v) is 12.1. The minimum atomic E-state index is -4.22. The Labute approximate surface area is 125 Å². The molecule has 0 atom stereocenters. The average Bonchev–Trinajstić information content (AvgIpc) is 2.93. The van der Waals surface area contributed by atoms with Crippen LogP contribution in [0, 0.1) is 5.82 Å². The van der Waals surface area contributed by atoms with Crippen molar-refractivity contribution in [2.45, 2.75) is 0 Å². The molecule has 2 aromatic rings. The number of phenols is 1. The number of amides is 1. The van der Waals surface area contributed by atoms with Crippen molar-refractivity contribution in [3.63, 3.8) is 0 Å². The van der Waals surface area contributed by atoms with Crippen molar-refractivity contribution < 1.29 is 22.7 Å². The summed E-state index contributed by atoms with van der Waals surface area (Å²) in [7, 11) is -2.52. The quantitative estimate of drug-likeness (QED) is 0.815. The number of benzene rings is 1. The molecule has 1 aliphatic rings. The third-order valence-corrected chi connectivity index (χ3v) is 4.52. The van der Waals surface area contributed by atoms with Gasteiger partial charge in [0.25, 0.3) is 5.91 Å². The Balaban J connectivity index is 2.19. The van der Waals surface area contributed by atoms with E-state index in [1.165, 1.54) is 12.4 Å². The molecule has 1 aromatic heterocycles. The minimum absolute atomic E-state index is 0.0166. The van der Waals surface area contributed by atoms with Gasteiger partial charge in [0.15, 0.2) is 5.82 Å². The maximum atomic E-state index is 14.7. The maximum Gasteiger partial charge on any atom is 0.326 e. The Bertz CT molecular complexity index is 877. The predicted molar refractivity (Wildman–Crippen MR) is 74.7 cm³/mol. The number of imidazole rings is 1. The average molecular weight is 326 g/mol. The normalized spacial score (nSPS) is 16.8. The van der Waals surface area contributed by atoms with Crippen LogP contribution < -0.4 is 9.03 Å². The summed E-state index contributed by atoms with van der Waals surface area (Å²) in [6, 6.07) is 2.44. The van der Waals surface area contributed by atoms with Gasteiger partial charge in [-0.3, -0.25) is 4.79 Å². The number of halogens is 1. The van der Waals surface area contributed by atoms with Gasteiger partial charge in [-0.15, -0.1) is 0 Å². The summed E-state index contributed by atoms with van der Waals surface area (Å²) >= 11 is 0. The molecular formula is C12H11FN4O4S. The number of phenolic OH excluding ortho intramolecular Hbond substituents is 1. The number of aromatic nitrogens is 2. The number of carbonyl (C=O) groups is 1. The first kappa shape index (κ1) is 14.3. The topological polar surface area (TPSA) is 105 Å². The lowest BCUT2D eigenvalue weighted by atomic mass is 10.1. The second-order valence-electron chi connectivity index (χ2n) is 4.76. The van der Waals surface area contributed by atoms with Gasteiger partial charge >= 0.3 is 10.2 Å². The van der Waals surface area contributed by atoms with E-state index in [2.05, 4.69) is 4.98 Å². The molecule has 2 heterocycles. The van der Waals surface area contributed by atoms with E-state index < -0.39 is 39.9 Å². The molecule has 116 valence electrons. The smallest absolute Gasteiger partial charge is 0.326 e. The first-order chi connectivity index (χ1) is 10.3. The van der Waals surface area contributed by atoms with Crippen molar-refractivity contribution >= 4 is 21.8 Å². The highest BCUT2D eigenvalue weighted by molar-refractivity contribution is 7.92. The van der Waals surface area contributed by atoms with E-state index in [-0.39, 0.29) is 11.3 Å². The molecule has 0 bridgehead atoms. The number of hydrogen-bond acceptors (Lipinski definition) is 5. The molecule has 0 aliphatic carbocycles. The van der Waals surface area contributed by atoms with Crippen LogP contribution in [0.1, 0.15) is 0 Å². The molecule has 3 rings (SSSR count). The van der Waals surface area contributed by atoms with E-state index in [4.69, 9.17) is 0 Å². The molecule has 1 saturated heterocycles. The van der Waals surface area contributed by atoms with Crippen LogP contribution in [0.5, 0.6) is 5.75 Å². The molecule has 0 radical (unpaired) electrons. The van der Waals surface area contributed by atoms with Crippen LogP contribution in [0.2, 0.25) is 0 Å². The Kier molecular flexibility index (Phi) is 3.06. The van der Waals surface area contributed by atoms with Crippen molar-refractivity contribution in [2.24, 2.45) is 7.05 Å². The van der Waals surface area contributed by atoms with Crippen molar-refractivity contribution in [3.05, 3.63) is 30.5 Å². The number of anilines is 1. The number of rotatable bonds is 2. The zero-order valence-electron chi connectivity index (χ0n) is 11.3. The van der Waals surface area contributed by atoms with Gasteiger partial charge in [0.1, 0.15) is 18.0 Å². The van der Waals surface area contributed by atoms with Gasteiger partial charge < -0.3 is 9.67 Å². The molecule has 1 fully saturated rings. The third kappa shape index (κ3) is 2.17. The van der Waals surface area contributed by atoms with Crippen LogP contribution in [0.4, 0.5) is 10.1 Å². The summed E-state index contributed by atoms with van der Waals surface area (Å²) < 4.78 is 42.2. The summed E-state index contributed by atoms with van der Waals surface area (Å²) in [5.74, 6) is -2.36. The number of nitrogens with one attached hydrogen (secondary N) is 1. The van der Waals surface area contributed by atoms with Gasteiger partial charge in [-0.1, -0.05) is 0 Å². The summed E-state index contributed by atoms with van der Waals surface area (Å²) in [5.41, 5.74) is -0.290. The molecule has 0 unspecified atom stereocenters. The largest absolute Gasteiger partial charge is 0.506 e. The fourth-order valence-electron chi connectivity index (χ4n) is 2.19. The molecule has 1 amide bonds. The van der Waals surface area contributed by atoms with Crippen molar-refractivity contribution in [2.75, 3.05) is 10.8 Å². The van der Waals surface area contributed by atoms with Crippen LogP contribution >= 0.6 is 0 Å². The highest BCUT2D eigenvalue weighted by Gasteiger charge is 2.38. The molecule has 1 aliphatic heterocycles. The van der Waals surface area contributed by atoms with E-state index in [0.717, 1.165) is 6.07 Å². The number of hydrogen-bond donors (Lipinski definition) is 2. The fourth-order valence-corrected chi connectivity index (χ4v) is 3.35. The second kappa shape index (κ2) is 4.70. The predicted octanol–water partition coefficient (Wildman–Crippen LogP) is 0.113. The number of aryl methyl sites for hydroxylation is 1. The Morgan fingerprint density at radius 3 is 2.68 bits per heavy atom. The monoisotopic (exact) mass is 326 g/mol. The second-order valence-corrected chi connectivity index (χ2v) is 6.35. The van der Waals surface area contributed by atoms with E-state index in [0.29, 0.717) is 4.31 Å². The zero-order chi connectivity index (χ0) is 16.1. The summed E-state index contributed by atoms with van der Waals surface area (Å²) in [6.45, 7) is -0.599. The number of nitrogens with zero attached hydrogens (tertiary/aromatic N) is 3. The molecule has 8 nitrogen and oxygen atoms in total. The number of carbonyl (C=O) groups excluding carboxylic acids is 1. The van der Waals surface area contributed by atoms with Gasteiger partial charge in [-0.25, -0.2) is 18.4 Å². The lowest BCUT2D eigenvalue weighted by Crippen LogP contribution is -2.30. The van der Waals surface area contributed by atoms with E-state index >= 15 is 0 Å². The molecule has 0 spiro atoms. The standard InChI is InChI=1S/C12H11FN4O4S/c1-16-4-8(14-6-16)7-2-3-9(18)12(11(7)13)17-5-10(19)15-22(17,20)21/h2-4,6,18H,5H2,1H3,(H,15,19). The maximum absolute atomic E-state index is 14.7. The van der Waals surface area contributed by atoms with Crippen LogP contribution in [-0.4, -0.2) is 35.5 Å². The van der Waals surface area contributed by atoms with Gasteiger partial charge in [0, 0.05) is 18.8 Å². The molecule has 0 saturated carbocycles. The molecule has 22 heavy (non-hydrogen) atoms. The van der Waals surface area contributed by atoms with Crippen molar-refractivity contribution in [3.8, 4) is 17.0 Å². The third-order valence-electron chi connectivity index (χ3n) is 3.15.